The summed E-state index contributed by atoms with van der Waals surface area (Å²) >= 11 is 0. The maximum absolute atomic E-state index is 6.13. The molecule has 0 N–H and O–H groups in total. The second kappa shape index (κ2) is 8.13. The summed E-state index contributed by atoms with van der Waals surface area (Å²) < 4.78 is 18.4. The molecule has 0 aliphatic rings. The van der Waals surface area contributed by atoms with Gasteiger partial charge in [0.25, 0.3) is 0 Å². The smallest absolute Gasteiger partial charge is 0.370 e. The van der Waals surface area contributed by atoms with Gasteiger partial charge in [-0.1, -0.05) is 59.7 Å². The fraction of sp³-hybridized carbons (Fsp3) is 0.700. The van der Waals surface area contributed by atoms with Gasteiger partial charge in [0.15, 0.2) is 0 Å². The van der Waals surface area contributed by atoms with Crippen LogP contribution in [0.4, 0.5) is 0 Å². The van der Waals surface area contributed by atoms with Gasteiger partial charge in [0.1, 0.15) is 0 Å². The fourth-order valence-electron chi connectivity index (χ4n) is 2.62. The van der Waals surface area contributed by atoms with E-state index in [1.165, 1.54) is 11.1 Å². The minimum absolute atomic E-state index is 0.0563. The molecule has 24 heavy (non-hydrogen) atoms. The predicted octanol–water partition coefficient (Wildman–Crippen LogP) is 4.54. The van der Waals surface area contributed by atoms with Crippen LogP contribution in [0.1, 0.15) is 73.4 Å². The summed E-state index contributed by atoms with van der Waals surface area (Å²) in [7, 11) is -2.89. The van der Waals surface area contributed by atoms with Crippen molar-refractivity contribution in [2.45, 2.75) is 73.1 Å². The second-order valence-electron chi connectivity index (χ2n) is 8.15. The predicted molar refractivity (Wildman–Crippen MR) is 104 cm³/mol. The van der Waals surface area contributed by atoms with Crippen LogP contribution in [0.3, 0.4) is 0 Å². The Bertz CT molecular complexity index is 477. The molecule has 1 aromatic rings. The third kappa shape index (κ3) is 5.15. The number of hydrogen-bond donors (Lipinski definition) is 0. The summed E-state index contributed by atoms with van der Waals surface area (Å²) in [6.07, 6.45) is 0. The second-order valence-corrected chi connectivity index (χ2v) is 10.7. The average molecular weight is 353 g/mol. The third-order valence-electron chi connectivity index (χ3n) is 4.02. The van der Waals surface area contributed by atoms with E-state index in [0.717, 1.165) is 5.19 Å². The highest BCUT2D eigenvalue weighted by Gasteiger charge is 2.44. The van der Waals surface area contributed by atoms with Gasteiger partial charge in [-0.15, -0.1) is 0 Å². The van der Waals surface area contributed by atoms with Gasteiger partial charge in [0, 0.05) is 25.0 Å². The lowest BCUT2D eigenvalue weighted by Gasteiger charge is -2.32. The van der Waals surface area contributed by atoms with Gasteiger partial charge in [-0.25, -0.2) is 0 Å². The van der Waals surface area contributed by atoms with Gasteiger partial charge in [-0.2, -0.15) is 0 Å². The highest BCUT2D eigenvalue weighted by Crippen LogP contribution is 2.29. The molecule has 0 aromatic heterocycles. The summed E-state index contributed by atoms with van der Waals surface area (Å²) in [4.78, 5) is 0. The minimum atomic E-state index is -2.89. The van der Waals surface area contributed by atoms with Gasteiger partial charge in [0.2, 0.25) is 0 Å². The molecule has 3 nitrogen and oxygen atoms in total. The molecular formula is C20H36O3Si. The number of hydrogen-bond acceptors (Lipinski definition) is 3. The van der Waals surface area contributed by atoms with Crippen LogP contribution in [0.15, 0.2) is 18.2 Å². The zero-order chi connectivity index (χ0) is 18.6. The molecule has 1 rings (SSSR count). The Morgan fingerprint density at radius 3 is 1.25 bits per heavy atom. The van der Waals surface area contributed by atoms with Crippen LogP contribution >= 0.6 is 0 Å². The molecule has 0 saturated carbocycles. The number of benzene rings is 1. The molecule has 4 heteroatoms. The summed E-state index contributed by atoms with van der Waals surface area (Å²) in [5.74, 6) is 0. The first-order valence-electron chi connectivity index (χ1n) is 9.08. The topological polar surface area (TPSA) is 27.7 Å². The lowest BCUT2D eigenvalue weighted by molar-refractivity contribution is 0.0858. The lowest BCUT2D eigenvalue weighted by Crippen LogP contribution is -2.57. The SMILES string of the molecule is CCO[Si](OCC)(OCC)c1cc(C(C)(C)C)cc(C(C)(C)C)c1. The van der Waals surface area contributed by atoms with Crippen molar-refractivity contribution in [1.29, 1.82) is 0 Å². The quantitative estimate of drug-likeness (QED) is 0.674. The van der Waals surface area contributed by atoms with Crippen LogP contribution in [0, 0.1) is 0 Å². The van der Waals surface area contributed by atoms with Gasteiger partial charge < -0.3 is 13.3 Å². The first kappa shape index (κ1) is 21.4. The third-order valence-corrected chi connectivity index (χ3v) is 7.02. The van der Waals surface area contributed by atoms with E-state index >= 15 is 0 Å². The zero-order valence-electron chi connectivity index (χ0n) is 17.1. The number of rotatable bonds is 7. The largest absolute Gasteiger partial charge is 0.537 e. The zero-order valence-corrected chi connectivity index (χ0v) is 18.1. The molecule has 0 aliphatic carbocycles. The lowest BCUT2D eigenvalue weighted by atomic mass is 9.81. The summed E-state index contributed by atoms with van der Waals surface area (Å²) in [6, 6.07) is 6.76. The molecule has 0 amide bonds. The van der Waals surface area contributed by atoms with Crippen molar-refractivity contribution in [1.82, 2.24) is 0 Å². The molecule has 0 spiro atoms. The van der Waals surface area contributed by atoms with Crippen molar-refractivity contribution in [3.8, 4) is 0 Å². The van der Waals surface area contributed by atoms with Crippen molar-refractivity contribution >= 4 is 14.0 Å². The van der Waals surface area contributed by atoms with E-state index in [2.05, 4.69) is 59.7 Å². The molecule has 0 bridgehead atoms. The molecule has 0 radical (unpaired) electrons. The highest BCUT2D eigenvalue weighted by atomic mass is 28.4. The van der Waals surface area contributed by atoms with Gasteiger partial charge in [0.05, 0.1) is 0 Å². The monoisotopic (exact) mass is 352 g/mol. The van der Waals surface area contributed by atoms with E-state index in [-0.39, 0.29) is 10.8 Å². The molecule has 0 fully saturated rings. The van der Waals surface area contributed by atoms with E-state index in [1.54, 1.807) is 0 Å². The molecule has 0 heterocycles. The Morgan fingerprint density at radius 1 is 0.667 bits per heavy atom. The van der Waals surface area contributed by atoms with E-state index in [9.17, 15) is 0 Å². The average Bonchev–Trinajstić information content (AvgIpc) is 2.45. The molecule has 0 atom stereocenters. The molecule has 0 aliphatic heterocycles. The first-order valence-corrected chi connectivity index (χ1v) is 10.8. The van der Waals surface area contributed by atoms with Crippen LogP contribution in [0.5, 0.6) is 0 Å². The minimum Gasteiger partial charge on any atom is -0.370 e. The van der Waals surface area contributed by atoms with Crippen LogP contribution in [-0.4, -0.2) is 28.6 Å². The standard InChI is InChI=1S/C20H36O3Si/c1-10-21-24(22-11-2,23-12-3)18-14-16(19(4,5)6)13-17(15-18)20(7,8)9/h13-15H,10-12H2,1-9H3. The van der Waals surface area contributed by atoms with Crippen molar-refractivity contribution in [3.63, 3.8) is 0 Å². The van der Waals surface area contributed by atoms with Gasteiger partial charge in [-0.3, -0.25) is 0 Å². The Balaban J connectivity index is 3.62. The van der Waals surface area contributed by atoms with Crippen LogP contribution in [-0.2, 0) is 24.1 Å². The summed E-state index contributed by atoms with van der Waals surface area (Å²) in [5, 5.41) is 1.07. The van der Waals surface area contributed by atoms with Crippen molar-refractivity contribution < 1.29 is 13.3 Å². The molecule has 0 saturated heterocycles. The van der Waals surface area contributed by atoms with E-state index < -0.39 is 8.80 Å². The maximum atomic E-state index is 6.13. The molecule has 1 aromatic carbocycles. The van der Waals surface area contributed by atoms with Crippen LogP contribution in [0.25, 0.3) is 0 Å². The molecule has 0 unspecified atom stereocenters. The Labute approximate surface area is 150 Å². The van der Waals surface area contributed by atoms with E-state index in [0.29, 0.717) is 19.8 Å². The van der Waals surface area contributed by atoms with Gasteiger partial charge >= 0.3 is 8.80 Å². The highest BCUT2D eigenvalue weighted by molar-refractivity contribution is 6.75. The van der Waals surface area contributed by atoms with E-state index in [1.807, 2.05) is 20.8 Å². The Morgan fingerprint density at radius 2 is 1.00 bits per heavy atom. The normalized spacial score (nSPS) is 13.4. The maximum Gasteiger partial charge on any atom is 0.537 e. The fourth-order valence-corrected chi connectivity index (χ4v) is 5.17. The molecular weight excluding hydrogens is 316 g/mol. The van der Waals surface area contributed by atoms with Crippen molar-refractivity contribution in [2.75, 3.05) is 19.8 Å². The summed E-state index contributed by atoms with van der Waals surface area (Å²) in [6.45, 7) is 21.2. The Hall–Kier alpha value is -0.683. The van der Waals surface area contributed by atoms with Gasteiger partial charge in [-0.05, 0) is 42.7 Å². The van der Waals surface area contributed by atoms with Crippen molar-refractivity contribution in [2.24, 2.45) is 0 Å². The Kier molecular flexibility index (Phi) is 7.24. The van der Waals surface area contributed by atoms with Crippen LogP contribution < -0.4 is 5.19 Å². The first-order chi connectivity index (χ1) is 11.0. The molecule has 138 valence electrons. The van der Waals surface area contributed by atoms with Crippen LogP contribution in [0.2, 0.25) is 0 Å². The van der Waals surface area contributed by atoms with Crippen molar-refractivity contribution in [3.05, 3.63) is 29.3 Å². The van der Waals surface area contributed by atoms with E-state index in [4.69, 9.17) is 13.3 Å². The summed E-state index contributed by atoms with van der Waals surface area (Å²) in [5.41, 5.74) is 2.70.